The fourth-order valence-corrected chi connectivity index (χ4v) is 4.45. The number of rotatable bonds is 6. The van der Waals surface area contributed by atoms with Gasteiger partial charge in [0.05, 0.1) is 24.9 Å². The molecular formula is C21H27N3O3. The molecule has 1 aliphatic heterocycles. The molecule has 1 aromatic rings. The van der Waals surface area contributed by atoms with Crippen molar-refractivity contribution in [2.75, 3.05) is 7.11 Å². The number of ether oxygens (including phenoxy) is 1. The Morgan fingerprint density at radius 2 is 2.15 bits per heavy atom. The molecule has 0 aromatic carbocycles. The number of amides is 2. The number of methoxy groups -OCH3 is 1. The second-order valence-electron chi connectivity index (χ2n) is 7.77. The SMILES string of the molecule is COc1nc2c(cc1CNC(=O)CC1C=CCC1)C(=O)N(C1CCCC1)C2. The van der Waals surface area contributed by atoms with Crippen LogP contribution >= 0.6 is 0 Å². The van der Waals surface area contributed by atoms with Crippen molar-refractivity contribution in [1.82, 2.24) is 15.2 Å². The molecule has 3 aliphatic rings. The average molecular weight is 369 g/mol. The van der Waals surface area contributed by atoms with Crippen LogP contribution in [0.5, 0.6) is 5.88 Å². The van der Waals surface area contributed by atoms with Crippen LogP contribution in [0.15, 0.2) is 18.2 Å². The van der Waals surface area contributed by atoms with E-state index in [1.807, 2.05) is 11.0 Å². The topological polar surface area (TPSA) is 71.5 Å². The minimum atomic E-state index is 0.0213. The van der Waals surface area contributed by atoms with Crippen LogP contribution in [0, 0.1) is 5.92 Å². The molecule has 0 saturated heterocycles. The van der Waals surface area contributed by atoms with Gasteiger partial charge in [0.25, 0.3) is 5.91 Å². The first-order valence-corrected chi connectivity index (χ1v) is 9.97. The van der Waals surface area contributed by atoms with Crippen LogP contribution in [0.25, 0.3) is 0 Å². The van der Waals surface area contributed by atoms with E-state index in [1.54, 1.807) is 7.11 Å². The summed E-state index contributed by atoms with van der Waals surface area (Å²) in [6, 6.07) is 2.19. The summed E-state index contributed by atoms with van der Waals surface area (Å²) in [6.45, 7) is 0.894. The minimum absolute atomic E-state index is 0.0213. The van der Waals surface area contributed by atoms with Crippen LogP contribution in [0.1, 0.15) is 66.6 Å². The molecular weight excluding hydrogens is 342 g/mol. The predicted molar refractivity (Wildman–Crippen MR) is 101 cm³/mol. The quantitative estimate of drug-likeness (QED) is 0.783. The minimum Gasteiger partial charge on any atom is -0.481 e. The predicted octanol–water partition coefficient (Wildman–Crippen LogP) is 2.96. The average Bonchev–Trinajstić information content (AvgIpc) is 3.41. The van der Waals surface area contributed by atoms with Gasteiger partial charge in [-0.15, -0.1) is 0 Å². The molecule has 1 fully saturated rings. The van der Waals surface area contributed by atoms with E-state index in [9.17, 15) is 9.59 Å². The van der Waals surface area contributed by atoms with Gasteiger partial charge in [-0.25, -0.2) is 4.98 Å². The molecule has 1 saturated carbocycles. The number of carbonyl (C=O) groups excluding carboxylic acids is 2. The molecule has 0 bridgehead atoms. The van der Waals surface area contributed by atoms with Crippen molar-refractivity contribution in [3.8, 4) is 5.88 Å². The lowest BCUT2D eigenvalue weighted by atomic mass is 10.0. The third-order valence-corrected chi connectivity index (χ3v) is 5.95. The van der Waals surface area contributed by atoms with Gasteiger partial charge in [0.1, 0.15) is 0 Å². The van der Waals surface area contributed by atoms with Crippen LogP contribution in [-0.4, -0.2) is 34.8 Å². The highest BCUT2D eigenvalue weighted by Crippen LogP contribution is 2.33. The van der Waals surface area contributed by atoms with Crippen LogP contribution in [0.2, 0.25) is 0 Å². The van der Waals surface area contributed by atoms with E-state index in [2.05, 4.69) is 22.5 Å². The molecule has 6 nitrogen and oxygen atoms in total. The lowest BCUT2D eigenvalue weighted by Gasteiger charge is -2.22. The number of allylic oxidation sites excluding steroid dienone is 2. The molecule has 1 N–H and O–H groups in total. The maximum Gasteiger partial charge on any atom is 0.256 e. The first-order valence-electron chi connectivity index (χ1n) is 9.97. The van der Waals surface area contributed by atoms with Crippen LogP contribution in [-0.2, 0) is 17.9 Å². The molecule has 2 aliphatic carbocycles. The molecule has 6 heteroatoms. The number of carbonyl (C=O) groups is 2. The Balaban J connectivity index is 1.45. The van der Waals surface area contributed by atoms with Crippen LogP contribution < -0.4 is 10.1 Å². The van der Waals surface area contributed by atoms with E-state index in [4.69, 9.17) is 4.74 Å². The van der Waals surface area contributed by atoms with E-state index in [0.717, 1.165) is 36.9 Å². The smallest absolute Gasteiger partial charge is 0.256 e. The summed E-state index contributed by atoms with van der Waals surface area (Å²) in [4.78, 5) is 31.6. The number of hydrogen-bond acceptors (Lipinski definition) is 4. The number of fused-ring (bicyclic) bond motifs is 1. The summed E-state index contributed by atoms with van der Waals surface area (Å²) in [7, 11) is 1.58. The molecule has 2 amide bonds. The van der Waals surface area contributed by atoms with Gasteiger partial charge in [0.15, 0.2) is 0 Å². The standard InChI is InChI=1S/C21H27N3O3/c1-27-20-15(12-22-19(25)10-14-6-2-3-7-14)11-17-18(23-20)13-24(21(17)26)16-8-4-5-9-16/h2,6,11,14,16H,3-5,7-10,12-13H2,1H3,(H,22,25). The van der Waals surface area contributed by atoms with Crippen molar-refractivity contribution >= 4 is 11.8 Å². The highest BCUT2D eigenvalue weighted by molar-refractivity contribution is 5.98. The molecule has 1 unspecified atom stereocenters. The van der Waals surface area contributed by atoms with Gasteiger partial charge in [-0.3, -0.25) is 9.59 Å². The normalized spacial score (nSPS) is 21.7. The Morgan fingerprint density at radius 3 is 2.85 bits per heavy atom. The van der Waals surface area contributed by atoms with Gasteiger partial charge in [0, 0.05) is 24.6 Å². The largest absolute Gasteiger partial charge is 0.481 e. The van der Waals surface area contributed by atoms with Crippen molar-refractivity contribution in [2.24, 2.45) is 5.92 Å². The van der Waals surface area contributed by atoms with Gasteiger partial charge < -0.3 is 15.0 Å². The van der Waals surface area contributed by atoms with Gasteiger partial charge in [0.2, 0.25) is 11.8 Å². The summed E-state index contributed by atoms with van der Waals surface area (Å²) >= 11 is 0. The fourth-order valence-electron chi connectivity index (χ4n) is 4.45. The molecule has 0 spiro atoms. The number of nitrogens with zero attached hydrogens (tertiary/aromatic N) is 2. The van der Waals surface area contributed by atoms with Crippen molar-refractivity contribution in [1.29, 1.82) is 0 Å². The Kier molecular flexibility index (Phi) is 5.14. The molecule has 144 valence electrons. The first kappa shape index (κ1) is 18.0. The maximum atomic E-state index is 12.9. The zero-order valence-electron chi connectivity index (χ0n) is 15.9. The maximum absolute atomic E-state index is 12.9. The van der Waals surface area contributed by atoms with Crippen molar-refractivity contribution in [3.63, 3.8) is 0 Å². The molecule has 2 heterocycles. The third-order valence-electron chi connectivity index (χ3n) is 5.95. The lowest BCUT2D eigenvalue weighted by molar-refractivity contribution is -0.121. The number of nitrogens with one attached hydrogen (secondary N) is 1. The molecule has 1 atom stereocenters. The third kappa shape index (κ3) is 3.70. The lowest BCUT2D eigenvalue weighted by Crippen LogP contribution is -2.33. The zero-order chi connectivity index (χ0) is 18.8. The second kappa shape index (κ2) is 7.71. The monoisotopic (exact) mass is 369 g/mol. The molecule has 0 radical (unpaired) electrons. The van der Waals surface area contributed by atoms with E-state index < -0.39 is 0 Å². The van der Waals surface area contributed by atoms with E-state index in [1.165, 1.54) is 12.8 Å². The van der Waals surface area contributed by atoms with Gasteiger partial charge in [-0.05, 0) is 37.7 Å². The molecule has 27 heavy (non-hydrogen) atoms. The van der Waals surface area contributed by atoms with Crippen molar-refractivity contribution in [3.05, 3.63) is 35.0 Å². The summed E-state index contributed by atoms with van der Waals surface area (Å²) in [6.07, 6.45) is 11.4. The number of aromatic nitrogens is 1. The van der Waals surface area contributed by atoms with Crippen LogP contribution in [0.4, 0.5) is 0 Å². The van der Waals surface area contributed by atoms with Crippen molar-refractivity contribution < 1.29 is 14.3 Å². The van der Waals surface area contributed by atoms with Crippen molar-refractivity contribution in [2.45, 2.75) is 64.1 Å². The Bertz CT molecular complexity index is 768. The van der Waals surface area contributed by atoms with Gasteiger partial charge >= 0.3 is 0 Å². The highest BCUT2D eigenvalue weighted by Gasteiger charge is 2.35. The number of hydrogen-bond donors (Lipinski definition) is 1. The van der Waals surface area contributed by atoms with Crippen LogP contribution in [0.3, 0.4) is 0 Å². The van der Waals surface area contributed by atoms with E-state index in [0.29, 0.717) is 42.9 Å². The Hall–Kier alpha value is -2.37. The van der Waals surface area contributed by atoms with E-state index in [-0.39, 0.29) is 11.8 Å². The Morgan fingerprint density at radius 1 is 1.33 bits per heavy atom. The first-order chi connectivity index (χ1) is 13.2. The van der Waals surface area contributed by atoms with E-state index >= 15 is 0 Å². The molecule has 1 aromatic heterocycles. The fraction of sp³-hybridized carbons (Fsp3) is 0.571. The zero-order valence-corrected chi connectivity index (χ0v) is 15.9. The summed E-state index contributed by atoms with van der Waals surface area (Å²) < 4.78 is 5.43. The highest BCUT2D eigenvalue weighted by atomic mass is 16.5. The number of pyridine rings is 1. The van der Waals surface area contributed by atoms with Gasteiger partial charge in [-0.2, -0.15) is 0 Å². The van der Waals surface area contributed by atoms with Gasteiger partial charge in [-0.1, -0.05) is 25.0 Å². The summed E-state index contributed by atoms with van der Waals surface area (Å²) in [5, 5.41) is 2.96. The summed E-state index contributed by atoms with van der Waals surface area (Å²) in [5.41, 5.74) is 2.20. The Labute approximate surface area is 160 Å². The second-order valence-corrected chi connectivity index (χ2v) is 7.77. The molecule has 4 rings (SSSR count). The summed E-state index contributed by atoms with van der Waals surface area (Å²) in [5.74, 6) is 0.922.